The average Bonchev–Trinajstić information content (AvgIpc) is 2.36. The monoisotopic (exact) mass is 242 g/mol. The Bertz CT molecular complexity index is 317. The van der Waals surface area contributed by atoms with Gasteiger partial charge in [0.05, 0.1) is 7.11 Å². The van der Waals surface area contributed by atoms with Gasteiger partial charge in [-0.05, 0) is 17.7 Å². The maximum atomic E-state index is 5.37. The Labute approximate surface area is 97.5 Å². The maximum Gasteiger partial charge on any atom is 0.504 e. The Hall–Kier alpha value is -0.883. The summed E-state index contributed by atoms with van der Waals surface area (Å²) in [5.74, 6) is 0.823. The van der Waals surface area contributed by atoms with Crippen molar-refractivity contribution in [2.24, 2.45) is 0 Å². The van der Waals surface area contributed by atoms with Crippen LogP contribution in [0.15, 0.2) is 24.3 Å². The summed E-state index contributed by atoms with van der Waals surface area (Å²) in [6, 6.07) is 8.43. The molecule has 0 aliphatic carbocycles. The Morgan fingerprint density at radius 3 is 2.12 bits per heavy atom. The first-order valence-electron chi connectivity index (χ1n) is 4.98. The highest BCUT2D eigenvalue weighted by molar-refractivity contribution is 6.60. The lowest BCUT2D eigenvalue weighted by molar-refractivity contribution is 0.122. The molecular weight excluding hydrogens is 224 g/mol. The molecule has 0 unspecified atom stereocenters. The molecule has 0 N–H and O–H groups in total. The molecule has 0 bridgehead atoms. The summed E-state index contributed by atoms with van der Waals surface area (Å²) in [4.78, 5) is 0. The van der Waals surface area contributed by atoms with E-state index < -0.39 is 8.80 Å². The highest BCUT2D eigenvalue weighted by Crippen LogP contribution is 2.18. The van der Waals surface area contributed by atoms with E-state index in [0.29, 0.717) is 6.04 Å². The van der Waals surface area contributed by atoms with Crippen LogP contribution in [-0.4, -0.2) is 37.2 Å². The molecule has 4 nitrogen and oxygen atoms in total. The molecule has 16 heavy (non-hydrogen) atoms. The van der Waals surface area contributed by atoms with E-state index in [0.717, 1.165) is 11.3 Å². The zero-order valence-corrected chi connectivity index (χ0v) is 11.1. The first-order chi connectivity index (χ1) is 7.69. The van der Waals surface area contributed by atoms with E-state index in [2.05, 4.69) is 0 Å². The topological polar surface area (TPSA) is 36.9 Å². The van der Waals surface area contributed by atoms with Crippen molar-refractivity contribution in [3.05, 3.63) is 29.8 Å². The third-order valence-electron chi connectivity index (χ3n) is 2.49. The van der Waals surface area contributed by atoms with Crippen LogP contribution in [0.5, 0.6) is 5.75 Å². The summed E-state index contributed by atoms with van der Waals surface area (Å²) in [6.45, 7) is 0. The first kappa shape index (κ1) is 13.2. The molecule has 0 saturated carbocycles. The minimum Gasteiger partial charge on any atom is -0.497 e. The minimum atomic E-state index is -2.55. The van der Waals surface area contributed by atoms with Crippen LogP contribution in [0.3, 0.4) is 0 Å². The standard InChI is InChI=1S/C11H18O4Si/c1-12-11-7-5-6-10(8-11)9-16(13-2,14-3)15-4/h5-8H,9H2,1-4H3. The van der Waals surface area contributed by atoms with Gasteiger partial charge in [0.2, 0.25) is 0 Å². The number of rotatable bonds is 6. The molecule has 1 aromatic rings. The quantitative estimate of drug-likeness (QED) is 0.711. The molecule has 0 amide bonds. The van der Waals surface area contributed by atoms with Crippen molar-refractivity contribution in [3.63, 3.8) is 0 Å². The molecule has 0 atom stereocenters. The van der Waals surface area contributed by atoms with Crippen LogP contribution in [-0.2, 0) is 19.3 Å². The van der Waals surface area contributed by atoms with E-state index in [4.69, 9.17) is 18.0 Å². The van der Waals surface area contributed by atoms with Crippen molar-refractivity contribution in [2.75, 3.05) is 28.4 Å². The lowest BCUT2D eigenvalue weighted by atomic mass is 10.2. The second-order valence-electron chi connectivity index (χ2n) is 3.32. The summed E-state index contributed by atoms with van der Waals surface area (Å²) in [7, 11) is 3.93. The Kier molecular flexibility index (Phi) is 4.95. The smallest absolute Gasteiger partial charge is 0.497 e. The van der Waals surface area contributed by atoms with Crippen molar-refractivity contribution in [2.45, 2.75) is 6.04 Å². The normalized spacial score (nSPS) is 11.5. The molecule has 5 heteroatoms. The number of ether oxygens (including phenoxy) is 1. The number of hydrogen-bond acceptors (Lipinski definition) is 4. The van der Waals surface area contributed by atoms with E-state index in [1.165, 1.54) is 0 Å². The third-order valence-corrected chi connectivity index (χ3v) is 5.20. The zero-order valence-electron chi connectivity index (χ0n) is 10.1. The van der Waals surface area contributed by atoms with Gasteiger partial charge in [-0.3, -0.25) is 0 Å². The van der Waals surface area contributed by atoms with E-state index >= 15 is 0 Å². The molecule has 90 valence electrons. The van der Waals surface area contributed by atoms with Crippen molar-refractivity contribution in [3.8, 4) is 5.75 Å². The molecule has 0 radical (unpaired) electrons. The van der Waals surface area contributed by atoms with Gasteiger partial charge in [0.25, 0.3) is 0 Å². The fraction of sp³-hybridized carbons (Fsp3) is 0.455. The first-order valence-corrected chi connectivity index (χ1v) is 6.91. The van der Waals surface area contributed by atoms with Gasteiger partial charge in [-0.25, -0.2) is 0 Å². The van der Waals surface area contributed by atoms with Crippen LogP contribution in [0, 0.1) is 0 Å². The molecule has 1 rings (SSSR count). The van der Waals surface area contributed by atoms with Crippen LogP contribution >= 0.6 is 0 Å². The molecular formula is C11H18O4Si. The summed E-state index contributed by atoms with van der Waals surface area (Å²) >= 11 is 0. The highest BCUT2D eigenvalue weighted by Gasteiger charge is 2.37. The fourth-order valence-electron chi connectivity index (χ4n) is 1.50. The summed E-state index contributed by atoms with van der Waals surface area (Å²) in [6.07, 6.45) is 0. The summed E-state index contributed by atoms with van der Waals surface area (Å²) in [5, 5.41) is 0. The van der Waals surface area contributed by atoms with E-state index in [-0.39, 0.29) is 0 Å². The fourth-order valence-corrected chi connectivity index (χ4v) is 3.15. The SMILES string of the molecule is COc1cccc(C[Si](OC)(OC)OC)c1. The van der Waals surface area contributed by atoms with Gasteiger partial charge in [0.15, 0.2) is 0 Å². The zero-order chi connectivity index (χ0) is 12.0. The highest BCUT2D eigenvalue weighted by atomic mass is 28.4. The number of benzene rings is 1. The van der Waals surface area contributed by atoms with E-state index in [9.17, 15) is 0 Å². The molecule has 0 aromatic heterocycles. The van der Waals surface area contributed by atoms with Gasteiger partial charge >= 0.3 is 8.80 Å². The third kappa shape index (κ3) is 3.05. The van der Waals surface area contributed by atoms with Crippen molar-refractivity contribution >= 4 is 8.80 Å². The van der Waals surface area contributed by atoms with Gasteiger partial charge in [0, 0.05) is 27.4 Å². The molecule has 0 heterocycles. The number of methoxy groups -OCH3 is 1. The Morgan fingerprint density at radius 1 is 1.00 bits per heavy atom. The predicted octanol–water partition coefficient (Wildman–Crippen LogP) is 1.66. The van der Waals surface area contributed by atoms with Crippen LogP contribution in [0.25, 0.3) is 0 Å². The second kappa shape index (κ2) is 6.00. The van der Waals surface area contributed by atoms with Gasteiger partial charge in [-0.15, -0.1) is 0 Å². The van der Waals surface area contributed by atoms with Crippen molar-refractivity contribution in [1.29, 1.82) is 0 Å². The maximum absolute atomic E-state index is 5.37. The van der Waals surface area contributed by atoms with Gasteiger partial charge < -0.3 is 18.0 Å². The summed E-state index contributed by atoms with van der Waals surface area (Å²) < 4.78 is 21.3. The van der Waals surface area contributed by atoms with Gasteiger partial charge in [0.1, 0.15) is 5.75 Å². The lowest BCUT2D eigenvalue weighted by Crippen LogP contribution is -2.45. The van der Waals surface area contributed by atoms with Gasteiger partial charge in [-0.2, -0.15) is 0 Å². The van der Waals surface area contributed by atoms with E-state index in [1.807, 2.05) is 24.3 Å². The minimum absolute atomic E-state index is 0.633. The molecule has 0 spiro atoms. The molecule has 0 saturated heterocycles. The lowest BCUT2D eigenvalue weighted by Gasteiger charge is -2.24. The largest absolute Gasteiger partial charge is 0.504 e. The number of hydrogen-bond donors (Lipinski definition) is 0. The van der Waals surface area contributed by atoms with E-state index in [1.54, 1.807) is 28.4 Å². The Balaban J connectivity index is 2.84. The molecule has 0 aliphatic rings. The van der Waals surface area contributed by atoms with Crippen LogP contribution in [0.1, 0.15) is 5.56 Å². The molecule has 1 aromatic carbocycles. The van der Waals surface area contributed by atoms with Crippen molar-refractivity contribution in [1.82, 2.24) is 0 Å². The van der Waals surface area contributed by atoms with Crippen LogP contribution in [0.2, 0.25) is 0 Å². The Morgan fingerprint density at radius 2 is 1.62 bits per heavy atom. The van der Waals surface area contributed by atoms with Crippen LogP contribution in [0.4, 0.5) is 0 Å². The molecule has 0 aliphatic heterocycles. The summed E-state index contributed by atoms with van der Waals surface area (Å²) in [5.41, 5.74) is 1.08. The van der Waals surface area contributed by atoms with Crippen LogP contribution < -0.4 is 4.74 Å². The van der Waals surface area contributed by atoms with Crippen molar-refractivity contribution < 1.29 is 18.0 Å². The van der Waals surface area contributed by atoms with Gasteiger partial charge in [-0.1, -0.05) is 12.1 Å². The second-order valence-corrected chi connectivity index (χ2v) is 6.27. The average molecular weight is 242 g/mol. The molecule has 0 fully saturated rings. The predicted molar refractivity (Wildman–Crippen MR) is 63.5 cm³/mol.